The van der Waals surface area contributed by atoms with Crippen LogP contribution in [0.3, 0.4) is 0 Å². The van der Waals surface area contributed by atoms with Crippen molar-refractivity contribution in [3.05, 3.63) is 78.1 Å². The third-order valence-electron chi connectivity index (χ3n) is 3.14. The highest BCUT2D eigenvalue weighted by Crippen LogP contribution is 2.35. The van der Waals surface area contributed by atoms with Gasteiger partial charge in [-0.15, -0.1) is 13.2 Å². The molecule has 3 aromatic rings. The van der Waals surface area contributed by atoms with E-state index >= 15 is 0 Å². The summed E-state index contributed by atoms with van der Waals surface area (Å²) in [6.07, 6.45) is -3.40. The van der Waals surface area contributed by atoms with Gasteiger partial charge in [0.1, 0.15) is 5.75 Å². The maximum atomic E-state index is 12.6. The molecule has 0 aliphatic rings. The smallest absolute Gasteiger partial charge is 0.463 e. The maximum Gasteiger partial charge on any atom is 0.573 e. The van der Waals surface area contributed by atoms with Gasteiger partial charge in [-0.3, -0.25) is 0 Å². The van der Waals surface area contributed by atoms with Crippen LogP contribution in [0.25, 0.3) is 11.3 Å². The Morgan fingerprint density at radius 1 is 0.833 bits per heavy atom. The highest BCUT2D eigenvalue weighted by atomic mass is 19.4. The molecule has 0 unspecified atom stereocenters. The van der Waals surface area contributed by atoms with Crippen LogP contribution >= 0.6 is 0 Å². The lowest BCUT2D eigenvalue weighted by molar-refractivity contribution is -0.274. The number of hydrogen-bond acceptors (Lipinski definition) is 2. The van der Waals surface area contributed by atoms with E-state index < -0.39 is 6.36 Å². The fourth-order valence-corrected chi connectivity index (χ4v) is 2.15. The van der Waals surface area contributed by atoms with Gasteiger partial charge in [0.05, 0.1) is 17.4 Å². The lowest BCUT2D eigenvalue weighted by Gasteiger charge is -2.12. The molecule has 0 fully saturated rings. The zero-order valence-corrected chi connectivity index (χ0v) is 12.3. The van der Waals surface area contributed by atoms with E-state index in [0.29, 0.717) is 5.56 Å². The lowest BCUT2D eigenvalue weighted by Crippen LogP contribution is -2.17. The Morgan fingerprint density at radius 2 is 1.54 bits per heavy atom. The molecule has 0 spiro atoms. The number of para-hydroxylation sites is 1. The summed E-state index contributed by atoms with van der Waals surface area (Å²) < 4.78 is 47.1. The molecule has 0 aliphatic carbocycles. The predicted molar refractivity (Wildman–Crippen MR) is 83.2 cm³/mol. The summed E-state index contributed by atoms with van der Waals surface area (Å²) in [5.41, 5.74) is 1.47. The van der Waals surface area contributed by atoms with Crippen molar-refractivity contribution in [3.8, 4) is 28.9 Å². The van der Waals surface area contributed by atoms with Crippen LogP contribution in [0.15, 0.2) is 71.3 Å². The average Bonchev–Trinajstić information content (AvgIpc) is 3.01. The third-order valence-corrected chi connectivity index (χ3v) is 3.14. The maximum absolute atomic E-state index is 12.6. The van der Waals surface area contributed by atoms with Crippen molar-refractivity contribution in [2.24, 2.45) is 0 Å². The highest BCUT2D eigenvalue weighted by Gasteiger charge is 2.32. The second-order valence-corrected chi connectivity index (χ2v) is 4.82. The minimum Gasteiger partial charge on any atom is -0.463 e. The van der Waals surface area contributed by atoms with Gasteiger partial charge in [-0.1, -0.05) is 42.2 Å². The fourth-order valence-electron chi connectivity index (χ4n) is 2.15. The quantitative estimate of drug-likeness (QED) is 0.600. The van der Waals surface area contributed by atoms with E-state index in [2.05, 4.69) is 16.6 Å². The number of furan rings is 1. The molecular weight excluding hydrogens is 317 g/mol. The van der Waals surface area contributed by atoms with Crippen LogP contribution in [0.5, 0.6) is 5.75 Å². The molecule has 0 saturated carbocycles. The molecule has 1 heterocycles. The van der Waals surface area contributed by atoms with Crippen LogP contribution in [0.1, 0.15) is 11.1 Å². The number of benzene rings is 2. The van der Waals surface area contributed by atoms with Gasteiger partial charge in [-0.05, 0) is 30.3 Å². The van der Waals surface area contributed by atoms with E-state index in [1.54, 1.807) is 12.1 Å². The van der Waals surface area contributed by atoms with E-state index in [1.165, 1.54) is 24.5 Å². The van der Waals surface area contributed by atoms with Gasteiger partial charge in [-0.2, -0.15) is 0 Å². The van der Waals surface area contributed by atoms with E-state index in [0.717, 1.165) is 5.56 Å². The molecule has 24 heavy (non-hydrogen) atoms. The first-order valence-corrected chi connectivity index (χ1v) is 7.03. The molecule has 0 saturated heterocycles. The summed E-state index contributed by atoms with van der Waals surface area (Å²) >= 11 is 0. The minimum absolute atomic E-state index is 0.192. The molecule has 0 radical (unpaired) electrons. The monoisotopic (exact) mass is 328 g/mol. The zero-order valence-electron chi connectivity index (χ0n) is 12.3. The van der Waals surface area contributed by atoms with Crippen LogP contribution in [0.4, 0.5) is 13.2 Å². The van der Waals surface area contributed by atoms with Crippen molar-refractivity contribution in [1.29, 1.82) is 0 Å². The van der Waals surface area contributed by atoms with Gasteiger partial charge in [0.2, 0.25) is 0 Å². The van der Waals surface area contributed by atoms with Crippen LogP contribution in [-0.2, 0) is 0 Å². The highest BCUT2D eigenvalue weighted by molar-refractivity contribution is 5.71. The van der Waals surface area contributed by atoms with Gasteiger partial charge >= 0.3 is 6.36 Å². The van der Waals surface area contributed by atoms with E-state index in [-0.39, 0.29) is 17.1 Å². The van der Waals surface area contributed by atoms with Crippen molar-refractivity contribution in [2.75, 3.05) is 0 Å². The zero-order chi connectivity index (χ0) is 17.0. The van der Waals surface area contributed by atoms with Crippen molar-refractivity contribution < 1.29 is 22.3 Å². The Balaban J connectivity index is 1.99. The molecule has 2 aromatic carbocycles. The number of alkyl halides is 3. The van der Waals surface area contributed by atoms with Gasteiger partial charge in [0.15, 0.2) is 5.76 Å². The van der Waals surface area contributed by atoms with E-state index in [1.807, 2.05) is 30.3 Å². The first-order valence-electron chi connectivity index (χ1n) is 7.03. The SMILES string of the molecule is FC(F)(F)Oc1ccccc1-c1occc1C#Cc1ccccc1. The molecule has 0 atom stereocenters. The molecule has 0 amide bonds. The van der Waals surface area contributed by atoms with Crippen LogP contribution < -0.4 is 4.74 Å². The predicted octanol–water partition coefficient (Wildman–Crippen LogP) is 5.25. The van der Waals surface area contributed by atoms with Gasteiger partial charge in [-0.25, -0.2) is 0 Å². The van der Waals surface area contributed by atoms with Gasteiger partial charge in [0, 0.05) is 5.56 Å². The number of ether oxygens (including phenoxy) is 1. The van der Waals surface area contributed by atoms with Crippen LogP contribution in [0.2, 0.25) is 0 Å². The van der Waals surface area contributed by atoms with Crippen LogP contribution in [-0.4, -0.2) is 6.36 Å². The Hall–Kier alpha value is -3.13. The summed E-state index contributed by atoms with van der Waals surface area (Å²) in [7, 11) is 0. The Morgan fingerprint density at radius 3 is 2.29 bits per heavy atom. The largest absolute Gasteiger partial charge is 0.573 e. The standard InChI is InChI=1S/C19H11F3O2/c20-19(21,22)24-17-9-5-4-8-16(17)18-15(12-13-23-18)11-10-14-6-2-1-3-7-14/h1-9,12-13H. The number of rotatable bonds is 2. The molecule has 3 rings (SSSR count). The van der Waals surface area contributed by atoms with E-state index in [9.17, 15) is 13.2 Å². The topological polar surface area (TPSA) is 22.4 Å². The lowest BCUT2D eigenvalue weighted by atomic mass is 10.1. The molecule has 0 N–H and O–H groups in total. The third kappa shape index (κ3) is 3.79. The van der Waals surface area contributed by atoms with Crippen molar-refractivity contribution >= 4 is 0 Å². The second kappa shape index (κ2) is 6.55. The first-order chi connectivity index (χ1) is 11.5. The Bertz CT molecular complexity index is 884. The molecule has 2 nitrogen and oxygen atoms in total. The van der Waals surface area contributed by atoms with Gasteiger partial charge in [0.25, 0.3) is 0 Å². The Labute approximate surface area is 136 Å². The molecule has 1 aromatic heterocycles. The molecule has 0 bridgehead atoms. The van der Waals surface area contributed by atoms with Crippen LogP contribution in [0, 0.1) is 11.8 Å². The Kier molecular flexibility index (Phi) is 4.30. The fraction of sp³-hybridized carbons (Fsp3) is 0.0526. The normalized spacial score (nSPS) is 10.8. The molecular formula is C19H11F3O2. The minimum atomic E-state index is -4.78. The summed E-state index contributed by atoms with van der Waals surface area (Å²) in [4.78, 5) is 0. The number of halogens is 3. The summed E-state index contributed by atoms with van der Waals surface area (Å²) in [6.45, 7) is 0. The average molecular weight is 328 g/mol. The molecule has 5 heteroatoms. The van der Waals surface area contributed by atoms with Crippen molar-refractivity contribution in [3.63, 3.8) is 0 Å². The van der Waals surface area contributed by atoms with Crippen molar-refractivity contribution in [2.45, 2.75) is 6.36 Å². The summed E-state index contributed by atoms with van der Waals surface area (Å²) in [5, 5.41) is 0. The van der Waals surface area contributed by atoms with Crippen molar-refractivity contribution in [1.82, 2.24) is 0 Å². The van der Waals surface area contributed by atoms with E-state index in [4.69, 9.17) is 4.42 Å². The second-order valence-electron chi connectivity index (χ2n) is 4.82. The first kappa shape index (κ1) is 15.8. The summed E-state index contributed by atoms with van der Waals surface area (Å²) in [5.74, 6) is 5.77. The summed E-state index contributed by atoms with van der Waals surface area (Å²) in [6, 6.07) is 16.7. The molecule has 0 aliphatic heterocycles. The molecule has 120 valence electrons. The van der Waals surface area contributed by atoms with Gasteiger partial charge < -0.3 is 9.15 Å². The number of hydrogen-bond donors (Lipinski definition) is 0.